The predicted molar refractivity (Wildman–Crippen MR) is 55.7 cm³/mol. The van der Waals surface area contributed by atoms with E-state index in [4.69, 9.17) is 0 Å². The van der Waals surface area contributed by atoms with Crippen LogP contribution in [0.1, 0.15) is 19.8 Å². The molecule has 0 aromatic rings. The van der Waals surface area contributed by atoms with Gasteiger partial charge in [-0.2, -0.15) is 0 Å². The Morgan fingerprint density at radius 2 is 1.92 bits per heavy atom. The molecule has 0 saturated carbocycles. The normalized spacial score (nSPS) is 14.1. The second kappa shape index (κ2) is 7.68. The largest absolute Gasteiger partial charge is 0.301 e. The van der Waals surface area contributed by atoms with E-state index >= 15 is 0 Å². The van der Waals surface area contributed by atoms with Crippen LogP contribution in [0.4, 0.5) is 8.78 Å². The van der Waals surface area contributed by atoms with Gasteiger partial charge in [-0.3, -0.25) is 0 Å². The van der Waals surface area contributed by atoms with Crippen molar-refractivity contribution in [2.24, 2.45) is 5.92 Å². The summed E-state index contributed by atoms with van der Waals surface area (Å²) in [5, 5.41) is 0.993. The van der Waals surface area contributed by atoms with Crippen LogP contribution in [-0.2, 0) is 0 Å². The molecule has 80 valence electrons. The molecule has 4 heteroatoms. The third-order valence-electron chi connectivity index (χ3n) is 2.06. The van der Waals surface area contributed by atoms with E-state index in [0.717, 1.165) is 24.7 Å². The molecule has 0 aromatic heterocycles. The number of nitrogens with zero attached hydrogens (tertiary/aromatic N) is 1. The topological polar surface area (TPSA) is 3.24 Å². The van der Waals surface area contributed by atoms with Gasteiger partial charge in [0.05, 0.1) is 6.54 Å². The highest BCUT2D eigenvalue weighted by atomic mass is 79.9. The highest BCUT2D eigenvalue weighted by molar-refractivity contribution is 9.09. The summed E-state index contributed by atoms with van der Waals surface area (Å²) in [6.07, 6.45) is -0.103. The molecule has 1 atom stereocenters. The van der Waals surface area contributed by atoms with E-state index in [-0.39, 0.29) is 6.54 Å². The zero-order valence-electron chi connectivity index (χ0n) is 8.27. The Labute approximate surface area is 87.6 Å². The van der Waals surface area contributed by atoms with Gasteiger partial charge in [-0.15, -0.1) is 0 Å². The van der Waals surface area contributed by atoms with Crippen molar-refractivity contribution in [1.29, 1.82) is 0 Å². The summed E-state index contributed by atoms with van der Waals surface area (Å²) < 4.78 is 23.8. The van der Waals surface area contributed by atoms with Gasteiger partial charge in [-0.1, -0.05) is 22.9 Å². The Kier molecular flexibility index (Phi) is 7.86. The minimum Gasteiger partial charge on any atom is -0.301 e. The average Bonchev–Trinajstić information content (AvgIpc) is 2.00. The van der Waals surface area contributed by atoms with Crippen molar-refractivity contribution >= 4 is 15.9 Å². The van der Waals surface area contributed by atoms with E-state index in [1.54, 1.807) is 11.9 Å². The first-order valence-corrected chi connectivity index (χ1v) is 5.71. The smallest absolute Gasteiger partial charge is 0.251 e. The van der Waals surface area contributed by atoms with E-state index in [2.05, 4.69) is 22.9 Å². The summed E-state index contributed by atoms with van der Waals surface area (Å²) in [6.45, 7) is 2.80. The summed E-state index contributed by atoms with van der Waals surface area (Å²) in [5.41, 5.74) is 0. The Morgan fingerprint density at radius 1 is 1.31 bits per heavy atom. The molecule has 0 bridgehead atoms. The number of hydrogen-bond donors (Lipinski definition) is 0. The molecule has 0 amide bonds. The Morgan fingerprint density at radius 3 is 2.38 bits per heavy atom. The van der Waals surface area contributed by atoms with Gasteiger partial charge < -0.3 is 4.90 Å². The molecular formula is C9H18BrF2N. The van der Waals surface area contributed by atoms with E-state index in [9.17, 15) is 8.78 Å². The predicted octanol–water partition coefficient (Wildman–Crippen LogP) is 2.99. The second-order valence-electron chi connectivity index (χ2n) is 3.52. The Hall–Kier alpha value is 0.300. The van der Waals surface area contributed by atoms with Crippen LogP contribution in [0.5, 0.6) is 0 Å². The van der Waals surface area contributed by atoms with Crippen LogP contribution in [0.2, 0.25) is 0 Å². The van der Waals surface area contributed by atoms with Crippen molar-refractivity contribution in [3.8, 4) is 0 Å². The third-order valence-corrected chi connectivity index (χ3v) is 2.51. The summed E-state index contributed by atoms with van der Waals surface area (Å²) in [6, 6.07) is 0. The van der Waals surface area contributed by atoms with Crippen molar-refractivity contribution in [1.82, 2.24) is 4.90 Å². The molecule has 13 heavy (non-hydrogen) atoms. The van der Waals surface area contributed by atoms with Crippen LogP contribution < -0.4 is 0 Å². The molecule has 0 radical (unpaired) electrons. The standard InChI is InChI=1S/C9H18BrF2N/c1-8(3-5-10)4-6-13(2)7-9(11)12/h8-9H,3-7H2,1-2H3. The molecule has 0 N–H and O–H groups in total. The molecular weight excluding hydrogens is 240 g/mol. The van der Waals surface area contributed by atoms with Crippen molar-refractivity contribution in [3.05, 3.63) is 0 Å². The van der Waals surface area contributed by atoms with Gasteiger partial charge in [0, 0.05) is 5.33 Å². The van der Waals surface area contributed by atoms with Crippen LogP contribution >= 0.6 is 15.9 Å². The molecule has 0 spiro atoms. The zero-order chi connectivity index (χ0) is 10.3. The van der Waals surface area contributed by atoms with Crippen LogP contribution in [0.25, 0.3) is 0 Å². The third kappa shape index (κ3) is 8.63. The van der Waals surface area contributed by atoms with Crippen molar-refractivity contribution < 1.29 is 8.78 Å². The second-order valence-corrected chi connectivity index (χ2v) is 4.32. The van der Waals surface area contributed by atoms with E-state index in [1.807, 2.05) is 0 Å². The van der Waals surface area contributed by atoms with Crippen molar-refractivity contribution in [2.75, 3.05) is 25.5 Å². The van der Waals surface area contributed by atoms with Crippen LogP contribution in [0, 0.1) is 5.92 Å². The SMILES string of the molecule is CC(CCBr)CCN(C)CC(F)F. The summed E-state index contributed by atoms with van der Waals surface area (Å²) in [5.74, 6) is 0.611. The average molecular weight is 258 g/mol. The maximum atomic E-state index is 11.9. The molecule has 0 rings (SSSR count). The van der Waals surface area contributed by atoms with Crippen molar-refractivity contribution in [2.45, 2.75) is 26.2 Å². The molecule has 0 fully saturated rings. The summed E-state index contributed by atoms with van der Waals surface area (Å²) >= 11 is 3.36. The van der Waals surface area contributed by atoms with Gasteiger partial charge in [0.1, 0.15) is 0 Å². The minimum atomic E-state index is -2.21. The first-order chi connectivity index (χ1) is 6.06. The van der Waals surface area contributed by atoms with Crippen LogP contribution in [0.3, 0.4) is 0 Å². The fraction of sp³-hybridized carbons (Fsp3) is 1.00. The Bertz CT molecular complexity index is 122. The van der Waals surface area contributed by atoms with E-state index in [1.165, 1.54) is 0 Å². The van der Waals surface area contributed by atoms with Gasteiger partial charge in [0.2, 0.25) is 0 Å². The molecule has 0 aromatic carbocycles. The first-order valence-electron chi connectivity index (χ1n) is 4.59. The lowest BCUT2D eigenvalue weighted by atomic mass is 10.1. The number of hydrogen-bond acceptors (Lipinski definition) is 1. The molecule has 0 aliphatic carbocycles. The Balaban J connectivity index is 3.40. The monoisotopic (exact) mass is 257 g/mol. The van der Waals surface area contributed by atoms with Crippen molar-refractivity contribution in [3.63, 3.8) is 0 Å². The van der Waals surface area contributed by atoms with Crippen LogP contribution in [0.15, 0.2) is 0 Å². The molecule has 1 unspecified atom stereocenters. The highest BCUT2D eigenvalue weighted by Gasteiger charge is 2.08. The molecule has 0 aliphatic heterocycles. The first kappa shape index (κ1) is 13.3. The van der Waals surface area contributed by atoms with Gasteiger partial charge >= 0.3 is 0 Å². The number of rotatable bonds is 7. The number of halogens is 3. The quantitative estimate of drug-likeness (QED) is 0.634. The van der Waals surface area contributed by atoms with Crippen LogP contribution in [-0.4, -0.2) is 36.8 Å². The minimum absolute atomic E-state index is 0.110. The number of alkyl halides is 3. The maximum Gasteiger partial charge on any atom is 0.251 e. The molecule has 1 nitrogen and oxygen atoms in total. The maximum absolute atomic E-state index is 11.9. The highest BCUT2D eigenvalue weighted by Crippen LogP contribution is 2.10. The molecule has 0 saturated heterocycles. The van der Waals surface area contributed by atoms with E-state index in [0.29, 0.717) is 5.92 Å². The summed E-state index contributed by atoms with van der Waals surface area (Å²) in [4.78, 5) is 1.69. The lowest BCUT2D eigenvalue weighted by molar-refractivity contribution is 0.0979. The lowest BCUT2D eigenvalue weighted by Crippen LogP contribution is -2.26. The van der Waals surface area contributed by atoms with Gasteiger partial charge in [0.15, 0.2) is 0 Å². The fourth-order valence-corrected chi connectivity index (χ4v) is 1.88. The van der Waals surface area contributed by atoms with Gasteiger partial charge in [0.25, 0.3) is 6.43 Å². The molecule has 0 aliphatic rings. The lowest BCUT2D eigenvalue weighted by Gasteiger charge is -2.18. The fourth-order valence-electron chi connectivity index (χ4n) is 1.10. The summed E-state index contributed by atoms with van der Waals surface area (Å²) in [7, 11) is 1.74. The van der Waals surface area contributed by atoms with Gasteiger partial charge in [-0.25, -0.2) is 8.78 Å². The van der Waals surface area contributed by atoms with E-state index < -0.39 is 6.43 Å². The zero-order valence-corrected chi connectivity index (χ0v) is 9.86. The van der Waals surface area contributed by atoms with Gasteiger partial charge in [-0.05, 0) is 32.4 Å². The molecule has 0 heterocycles.